The molecule has 2 aromatic heterocycles. The first-order valence-electron chi connectivity index (χ1n) is 8.65. The van der Waals surface area contributed by atoms with Crippen LogP contribution in [0, 0.1) is 0 Å². The largest absolute Gasteiger partial charge is 0.352 e. The highest BCUT2D eigenvalue weighted by atomic mass is 32.2. The minimum Gasteiger partial charge on any atom is -0.352 e. The van der Waals surface area contributed by atoms with E-state index in [2.05, 4.69) is 57.8 Å². The highest BCUT2D eigenvalue weighted by molar-refractivity contribution is 7.98. The van der Waals surface area contributed by atoms with Crippen LogP contribution in [-0.2, 0) is 0 Å². The van der Waals surface area contributed by atoms with Crippen LogP contribution in [0.5, 0.6) is 0 Å². The van der Waals surface area contributed by atoms with Crippen LogP contribution in [0.1, 0.15) is 20.3 Å². The molecule has 3 aromatic rings. The van der Waals surface area contributed by atoms with Crippen LogP contribution in [0.2, 0.25) is 0 Å². The second-order valence-corrected chi connectivity index (χ2v) is 6.83. The van der Waals surface area contributed by atoms with E-state index in [4.69, 9.17) is 0 Å². The predicted octanol–water partition coefficient (Wildman–Crippen LogP) is 5.21. The summed E-state index contributed by atoms with van der Waals surface area (Å²) in [5.74, 6) is 1.37. The molecular weight excluding hydrogens is 342 g/mol. The molecule has 0 radical (unpaired) electrons. The van der Waals surface area contributed by atoms with Crippen molar-refractivity contribution in [3.8, 4) is 11.3 Å². The molecule has 0 saturated heterocycles. The Labute approximate surface area is 158 Å². The number of hydrogen-bond acceptors (Lipinski definition) is 6. The highest BCUT2D eigenvalue weighted by Crippen LogP contribution is 2.29. The minimum absolute atomic E-state index is 0.297. The number of anilines is 3. The Morgan fingerprint density at radius 1 is 1.12 bits per heavy atom. The lowest BCUT2D eigenvalue weighted by Gasteiger charge is -2.15. The molecule has 0 saturated carbocycles. The fraction of sp³-hybridized carbons (Fsp3) is 0.250. The van der Waals surface area contributed by atoms with Gasteiger partial charge in [0.05, 0.1) is 11.4 Å². The van der Waals surface area contributed by atoms with Crippen molar-refractivity contribution in [1.82, 2.24) is 15.0 Å². The molecule has 0 bridgehead atoms. The normalized spacial score (nSPS) is 11.8. The van der Waals surface area contributed by atoms with Gasteiger partial charge in [0.15, 0.2) is 0 Å². The van der Waals surface area contributed by atoms with Crippen LogP contribution in [-0.4, -0.2) is 27.2 Å². The highest BCUT2D eigenvalue weighted by Gasteiger charge is 2.10. The summed E-state index contributed by atoms with van der Waals surface area (Å²) >= 11 is 1.70. The summed E-state index contributed by atoms with van der Waals surface area (Å²) in [4.78, 5) is 14.7. The van der Waals surface area contributed by atoms with Crippen molar-refractivity contribution in [1.29, 1.82) is 0 Å². The summed E-state index contributed by atoms with van der Waals surface area (Å²) in [7, 11) is 0. The molecule has 0 fully saturated rings. The average molecular weight is 366 g/mol. The molecule has 2 heterocycles. The van der Waals surface area contributed by atoms with E-state index in [1.165, 1.54) is 4.90 Å². The maximum absolute atomic E-state index is 4.67. The summed E-state index contributed by atoms with van der Waals surface area (Å²) in [5.41, 5.74) is 2.83. The summed E-state index contributed by atoms with van der Waals surface area (Å²) in [6.45, 7) is 4.26. The molecule has 0 spiro atoms. The van der Waals surface area contributed by atoms with E-state index >= 15 is 0 Å². The van der Waals surface area contributed by atoms with Gasteiger partial charge in [-0.15, -0.1) is 11.8 Å². The Morgan fingerprint density at radius 3 is 2.69 bits per heavy atom. The van der Waals surface area contributed by atoms with Crippen LogP contribution in [0.25, 0.3) is 11.3 Å². The van der Waals surface area contributed by atoms with E-state index in [0.29, 0.717) is 12.0 Å². The number of para-hydroxylation sites is 1. The van der Waals surface area contributed by atoms with Crippen molar-refractivity contribution in [2.45, 2.75) is 31.2 Å². The number of rotatable bonds is 7. The third-order valence-corrected chi connectivity index (χ3v) is 4.84. The molecule has 0 aliphatic carbocycles. The second kappa shape index (κ2) is 8.67. The van der Waals surface area contributed by atoms with Gasteiger partial charge in [-0.05, 0) is 43.9 Å². The van der Waals surface area contributed by atoms with Gasteiger partial charge < -0.3 is 10.6 Å². The number of pyridine rings is 1. The van der Waals surface area contributed by atoms with Gasteiger partial charge in [-0.2, -0.15) is 4.98 Å². The van der Waals surface area contributed by atoms with Crippen LogP contribution in [0.4, 0.5) is 17.5 Å². The number of thioether (sulfide) groups is 1. The van der Waals surface area contributed by atoms with Crippen molar-refractivity contribution in [2.24, 2.45) is 0 Å². The average Bonchev–Trinajstić information content (AvgIpc) is 2.69. The van der Waals surface area contributed by atoms with E-state index in [9.17, 15) is 0 Å². The Hall–Kier alpha value is -2.60. The Kier molecular flexibility index (Phi) is 6.07. The van der Waals surface area contributed by atoms with E-state index in [1.807, 2.05) is 36.5 Å². The van der Waals surface area contributed by atoms with E-state index in [-0.39, 0.29) is 0 Å². The van der Waals surface area contributed by atoms with Gasteiger partial charge in [-0.1, -0.05) is 19.1 Å². The molecule has 1 atom stereocenters. The minimum atomic E-state index is 0.297. The number of aromatic nitrogens is 3. The molecule has 2 N–H and O–H groups in total. The topological polar surface area (TPSA) is 62.7 Å². The first-order valence-corrected chi connectivity index (χ1v) is 9.88. The maximum Gasteiger partial charge on any atom is 0.225 e. The van der Waals surface area contributed by atoms with Crippen molar-refractivity contribution >= 4 is 29.2 Å². The quantitative estimate of drug-likeness (QED) is 0.560. The first kappa shape index (κ1) is 18.2. The molecule has 0 aliphatic heterocycles. The lowest BCUT2D eigenvalue weighted by molar-refractivity contribution is 0.753. The van der Waals surface area contributed by atoms with Crippen molar-refractivity contribution in [3.05, 3.63) is 54.9 Å². The van der Waals surface area contributed by atoms with Gasteiger partial charge in [0.25, 0.3) is 0 Å². The molecule has 3 rings (SSSR count). The van der Waals surface area contributed by atoms with E-state index in [1.54, 1.807) is 18.0 Å². The molecular formula is C20H23N5S. The molecule has 1 aromatic carbocycles. The zero-order chi connectivity index (χ0) is 18.4. The second-order valence-electron chi connectivity index (χ2n) is 5.98. The van der Waals surface area contributed by atoms with Crippen molar-refractivity contribution in [2.75, 3.05) is 16.9 Å². The maximum atomic E-state index is 4.67. The predicted molar refractivity (Wildman–Crippen MR) is 110 cm³/mol. The number of hydrogen-bond donors (Lipinski definition) is 2. The number of nitrogens with zero attached hydrogens (tertiary/aromatic N) is 3. The molecule has 5 nitrogen and oxygen atoms in total. The summed E-state index contributed by atoms with van der Waals surface area (Å²) in [6, 6.07) is 14.4. The SMILES string of the molecule is CC[C@@H](C)Nc1nc(Nc2ccccc2SC)cc(-c2cccnc2)n1. The van der Waals surface area contributed by atoms with Crippen molar-refractivity contribution < 1.29 is 0 Å². The molecule has 0 unspecified atom stereocenters. The Morgan fingerprint density at radius 2 is 1.96 bits per heavy atom. The molecule has 26 heavy (non-hydrogen) atoms. The summed E-state index contributed by atoms with van der Waals surface area (Å²) in [6.07, 6.45) is 6.64. The summed E-state index contributed by atoms with van der Waals surface area (Å²) < 4.78 is 0. The standard InChI is InChI=1S/C20H23N5S/c1-4-14(2)22-20-24-17(15-8-7-11-21-13-15)12-19(25-20)23-16-9-5-6-10-18(16)26-3/h5-14H,4H2,1-3H3,(H2,22,23,24,25)/t14-/m1/s1. The fourth-order valence-corrected chi connectivity index (χ4v) is 3.00. The Bertz CT molecular complexity index is 854. The lowest BCUT2D eigenvalue weighted by Crippen LogP contribution is -2.16. The zero-order valence-corrected chi connectivity index (χ0v) is 16.0. The third kappa shape index (κ3) is 4.52. The summed E-state index contributed by atoms with van der Waals surface area (Å²) in [5, 5.41) is 6.80. The van der Waals surface area contributed by atoms with Gasteiger partial charge in [0.1, 0.15) is 5.82 Å². The van der Waals surface area contributed by atoms with Crippen LogP contribution >= 0.6 is 11.8 Å². The molecule has 6 heteroatoms. The lowest BCUT2D eigenvalue weighted by atomic mass is 10.2. The zero-order valence-electron chi connectivity index (χ0n) is 15.2. The third-order valence-electron chi connectivity index (χ3n) is 4.04. The van der Waals surface area contributed by atoms with Gasteiger partial charge >= 0.3 is 0 Å². The number of nitrogens with one attached hydrogen (secondary N) is 2. The monoisotopic (exact) mass is 365 g/mol. The number of benzene rings is 1. The van der Waals surface area contributed by atoms with Gasteiger partial charge in [-0.3, -0.25) is 4.98 Å². The van der Waals surface area contributed by atoms with Crippen molar-refractivity contribution in [3.63, 3.8) is 0 Å². The molecule has 134 valence electrons. The fourth-order valence-electron chi connectivity index (χ4n) is 2.45. The van der Waals surface area contributed by atoms with Crippen LogP contribution in [0.3, 0.4) is 0 Å². The van der Waals surface area contributed by atoms with Crippen LogP contribution in [0.15, 0.2) is 59.8 Å². The van der Waals surface area contributed by atoms with E-state index < -0.39 is 0 Å². The molecule has 0 aliphatic rings. The van der Waals surface area contributed by atoms with Gasteiger partial charge in [-0.25, -0.2) is 4.98 Å². The van der Waals surface area contributed by atoms with Gasteiger partial charge in [0.2, 0.25) is 5.95 Å². The molecule has 0 amide bonds. The first-order chi connectivity index (χ1) is 12.7. The smallest absolute Gasteiger partial charge is 0.225 e. The van der Waals surface area contributed by atoms with Gasteiger partial charge in [0, 0.05) is 35.0 Å². The Balaban J connectivity index is 1.99. The van der Waals surface area contributed by atoms with E-state index in [0.717, 1.165) is 29.2 Å². The van der Waals surface area contributed by atoms with Crippen LogP contribution < -0.4 is 10.6 Å².